The average molecular weight is 352 g/mol. The number of benzene rings is 2. The van der Waals surface area contributed by atoms with Crippen LogP contribution >= 0.6 is 11.8 Å². The Balaban J connectivity index is 1.66. The van der Waals surface area contributed by atoms with Gasteiger partial charge in [0.15, 0.2) is 5.16 Å². The SMILES string of the molecule is Cc1ccc(-n2cnnc2SCC(=O)Nc2cc(C)ccc2C)cc1. The zero-order valence-corrected chi connectivity index (χ0v) is 15.3. The van der Waals surface area contributed by atoms with Crippen molar-refractivity contribution in [3.63, 3.8) is 0 Å². The predicted molar refractivity (Wildman–Crippen MR) is 101 cm³/mol. The number of carbonyl (C=O) groups is 1. The Bertz CT molecular complexity index is 887. The minimum absolute atomic E-state index is 0.0582. The summed E-state index contributed by atoms with van der Waals surface area (Å²) in [5, 5.41) is 11.7. The van der Waals surface area contributed by atoms with Gasteiger partial charge in [0, 0.05) is 11.4 Å². The first-order valence-corrected chi connectivity index (χ1v) is 8.98. The summed E-state index contributed by atoms with van der Waals surface area (Å²) in [6, 6.07) is 14.1. The summed E-state index contributed by atoms with van der Waals surface area (Å²) < 4.78 is 1.88. The van der Waals surface area contributed by atoms with Crippen molar-refractivity contribution in [3.8, 4) is 5.69 Å². The standard InChI is InChI=1S/C19H20N4OS/c1-13-5-8-16(9-6-13)23-12-20-22-19(23)25-11-18(24)21-17-10-14(2)4-7-15(17)3/h4-10,12H,11H2,1-3H3,(H,21,24). The van der Waals surface area contributed by atoms with Crippen LogP contribution in [0.4, 0.5) is 5.69 Å². The first-order chi connectivity index (χ1) is 12.0. The van der Waals surface area contributed by atoms with Gasteiger partial charge >= 0.3 is 0 Å². The molecule has 0 aliphatic carbocycles. The van der Waals surface area contributed by atoms with E-state index in [1.54, 1.807) is 6.33 Å². The van der Waals surface area contributed by atoms with E-state index in [4.69, 9.17) is 0 Å². The maximum Gasteiger partial charge on any atom is 0.234 e. The number of hydrogen-bond donors (Lipinski definition) is 1. The summed E-state index contributed by atoms with van der Waals surface area (Å²) in [6.45, 7) is 6.04. The lowest BCUT2D eigenvalue weighted by molar-refractivity contribution is -0.113. The molecule has 5 nitrogen and oxygen atoms in total. The molecule has 0 saturated carbocycles. The van der Waals surface area contributed by atoms with Crippen LogP contribution in [-0.4, -0.2) is 26.4 Å². The number of nitrogens with one attached hydrogen (secondary N) is 1. The summed E-state index contributed by atoms with van der Waals surface area (Å²) in [5.74, 6) is 0.218. The highest BCUT2D eigenvalue weighted by molar-refractivity contribution is 7.99. The van der Waals surface area contributed by atoms with Gasteiger partial charge in [-0.05, 0) is 50.1 Å². The van der Waals surface area contributed by atoms with E-state index < -0.39 is 0 Å². The molecule has 0 aliphatic heterocycles. The maximum atomic E-state index is 12.3. The van der Waals surface area contributed by atoms with Crippen molar-refractivity contribution in [2.45, 2.75) is 25.9 Å². The molecule has 1 heterocycles. The van der Waals surface area contributed by atoms with Crippen molar-refractivity contribution < 1.29 is 4.79 Å². The number of hydrogen-bond acceptors (Lipinski definition) is 4. The Hall–Kier alpha value is -2.60. The number of nitrogens with zero attached hydrogens (tertiary/aromatic N) is 3. The van der Waals surface area contributed by atoms with Crippen molar-refractivity contribution in [2.75, 3.05) is 11.1 Å². The minimum atomic E-state index is -0.0582. The summed E-state index contributed by atoms with van der Waals surface area (Å²) in [4.78, 5) is 12.3. The molecule has 1 aromatic heterocycles. The quantitative estimate of drug-likeness (QED) is 0.707. The molecule has 25 heavy (non-hydrogen) atoms. The van der Waals surface area contributed by atoms with E-state index in [-0.39, 0.29) is 11.7 Å². The van der Waals surface area contributed by atoms with Gasteiger partial charge in [-0.25, -0.2) is 0 Å². The van der Waals surface area contributed by atoms with Crippen molar-refractivity contribution in [3.05, 3.63) is 65.5 Å². The van der Waals surface area contributed by atoms with Crippen LogP contribution in [0.1, 0.15) is 16.7 Å². The largest absolute Gasteiger partial charge is 0.325 e. The first-order valence-electron chi connectivity index (χ1n) is 8.00. The number of carbonyl (C=O) groups excluding carboxylic acids is 1. The Morgan fingerprint density at radius 3 is 2.56 bits per heavy atom. The molecule has 0 unspecified atom stereocenters. The van der Waals surface area contributed by atoms with Crippen LogP contribution in [0.5, 0.6) is 0 Å². The van der Waals surface area contributed by atoms with Gasteiger partial charge in [0.2, 0.25) is 5.91 Å². The van der Waals surface area contributed by atoms with E-state index in [2.05, 4.69) is 15.5 Å². The van der Waals surface area contributed by atoms with Crippen molar-refractivity contribution in [1.82, 2.24) is 14.8 Å². The van der Waals surface area contributed by atoms with Crippen molar-refractivity contribution in [1.29, 1.82) is 0 Å². The number of amides is 1. The molecule has 1 N–H and O–H groups in total. The van der Waals surface area contributed by atoms with E-state index in [0.29, 0.717) is 5.16 Å². The molecule has 0 radical (unpaired) electrons. The molecule has 3 rings (SSSR count). The highest BCUT2D eigenvalue weighted by Crippen LogP contribution is 2.21. The molecule has 1 amide bonds. The smallest absolute Gasteiger partial charge is 0.234 e. The summed E-state index contributed by atoms with van der Waals surface area (Å²) in [6.07, 6.45) is 1.66. The van der Waals surface area contributed by atoms with Gasteiger partial charge in [-0.1, -0.05) is 41.6 Å². The molecule has 0 aliphatic rings. The lowest BCUT2D eigenvalue weighted by Gasteiger charge is -2.10. The molecular weight excluding hydrogens is 332 g/mol. The molecule has 0 spiro atoms. The third kappa shape index (κ3) is 4.28. The lowest BCUT2D eigenvalue weighted by atomic mass is 10.1. The third-order valence-corrected chi connectivity index (χ3v) is 4.77. The summed E-state index contributed by atoms with van der Waals surface area (Å²) in [7, 11) is 0. The van der Waals surface area contributed by atoms with Gasteiger partial charge in [0.05, 0.1) is 5.75 Å². The van der Waals surface area contributed by atoms with Crippen LogP contribution in [0.2, 0.25) is 0 Å². The normalized spacial score (nSPS) is 10.7. The third-order valence-electron chi connectivity index (χ3n) is 3.83. The van der Waals surface area contributed by atoms with Gasteiger partial charge in [-0.15, -0.1) is 10.2 Å². The van der Waals surface area contributed by atoms with Gasteiger partial charge in [-0.3, -0.25) is 9.36 Å². The van der Waals surface area contributed by atoms with E-state index in [1.807, 2.05) is 67.8 Å². The number of rotatable bonds is 5. The fourth-order valence-electron chi connectivity index (χ4n) is 2.39. The second kappa shape index (κ2) is 7.53. The fraction of sp³-hybridized carbons (Fsp3) is 0.211. The number of anilines is 1. The monoisotopic (exact) mass is 352 g/mol. The Kier molecular flexibility index (Phi) is 5.19. The molecular formula is C19H20N4OS. The molecule has 0 bridgehead atoms. The van der Waals surface area contributed by atoms with Crippen molar-refractivity contribution >= 4 is 23.4 Å². The molecule has 2 aromatic carbocycles. The minimum Gasteiger partial charge on any atom is -0.325 e. The maximum absolute atomic E-state index is 12.3. The molecule has 3 aromatic rings. The second-order valence-electron chi connectivity index (χ2n) is 5.97. The molecule has 128 valence electrons. The first kappa shape index (κ1) is 17.2. The van der Waals surface area contributed by atoms with Crippen LogP contribution < -0.4 is 5.32 Å². The molecule has 0 saturated heterocycles. The molecule has 0 fully saturated rings. The highest BCUT2D eigenvalue weighted by Gasteiger charge is 2.11. The number of aromatic nitrogens is 3. The zero-order chi connectivity index (χ0) is 17.8. The second-order valence-corrected chi connectivity index (χ2v) is 6.92. The summed E-state index contributed by atoms with van der Waals surface area (Å²) in [5.41, 5.74) is 5.19. The van der Waals surface area contributed by atoms with Gasteiger partial charge in [0.1, 0.15) is 6.33 Å². The Morgan fingerprint density at radius 1 is 1.08 bits per heavy atom. The van der Waals surface area contributed by atoms with Crippen LogP contribution in [0.25, 0.3) is 5.69 Å². The number of aryl methyl sites for hydroxylation is 3. The lowest BCUT2D eigenvalue weighted by Crippen LogP contribution is -2.15. The zero-order valence-electron chi connectivity index (χ0n) is 14.5. The van der Waals surface area contributed by atoms with Crippen molar-refractivity contribution in [2.24, 2.45) is 0 Å². The fourth-order valence-corrected chi connectivity index (χ4v) is 3.12. The van der Waals surface area contributed by atoms with Crippen LogP contribution in [0.3, 0.4) is 0 Å². The van der Waals surface area contributed by atoms with Crippen LogP contribution in [-0.2, 0) is 4.79 Å². The van der Waals surface area contributed by atoms with Gasteiger partial charge in [0.25, 0.3) is 0 Å². The van der Waals surface area contributed by atoms with Crippen LogP contribution in [0, 0.1) is 20.8 Å². The average Bonchev–Trinajstić information content (AvgIpc) is 3.05. The van der Waals surface area contributed by atoms with E-state index in [1.165, 1.54) is 17.3 Å². The Morgan fingerprint density at radius 2 is 1.80 bits per heavy atom. The topological polar surface area (TPSA) is 59.8 Å². The molecule has 6 heteroatoms. The van der Waals surface area contributed by atoms with Gasteiger partial charge < -0.3 is 5.32 Å². The predicted octanol–water partition coefficient (Wildman–Crippen LogP) is 3.92. The van der Waals surface area contributed by atoms with Gasteiger partial charge in [-0.2, -0.15) is 0 Å². The van der Waals surface area contributed by atoms with E-state index in [9.17, 15) is 4.79 Å². The van der Waals surface area contributed by atoms with E-state index >= 15 is 0 Å². The van der Waals surface area contributed by atoms with E-state index in [0.717, 1.165) is 22.5 Å². The number of thioether (sulfide) groups is 1. The van der Waals surface area contributed by atoms with Crippen LogP contribution in [0.15, 0.2) is 53.9 Å². The summed E-state index contributed by atoms with van der Waals surface area (Å²) >= 11 is 1.37. The molecule has 0 atom stereocenters. The highest BCUT2D eigenvalue weighted by atomic mass is 32.2. The Labute approximate surface area is 151 Å².